The highest BCUT2D eigenvalue weighted by Crippen LogP contribution is 2.20. The number of hydrogen-bond donors (Lipinski definition) is 3. The van der Waals surface area contributed by atoms with Crippen molar-refractivity contribution >= 4 is 21.6 Å². The fourth-order valence-electron chi connectivity index (χ4n) is 3.01. The Bertz CT molecular complexity index is 780. The summed E-state index contributed by atoms with van der Waals surface area (Å²) >= 11 is 0. The molecule has 1 heterocycles. The number of nitrogens with zero attached hydrogens (tertiary/aromatic N) is 1. The molecule has 7 heteroatoms. The minimum absolute atomic E-state index is 0.346. The Balaban J connectivity index is 1.56. The van der Waals surface area contributed by atoms with Crippen molar-refractivity contribution in [3.8, 4) is 0 Å². The largest absolute Gasteiger partial charge is 0.381 e. The number of nitrogens with one attached hydrogen (secondary N) is 2. The van der Waals surface area contributed by atoms with Crippen molar-refractivity contribution in [1.29, 1.82) is 0 Å². The number of rotatable bonds is 6. The smallest absolute Gasteiger partial charge is 0.296 e. The van der Waals surface area contributed by atoms with Gasteiger partial charge in [0, 0.05) is 31.4 Å². The van der Waals surface area contributed by atoms with Crippen molar-refractivity contribution < 1.29 is 8.42 Å². The first-order valence-electron chi connectivity index (χ1n) is 7.91. The highest BCUT2D eigenvalue weighted by molar-refractivity contribution is 7.90. The lowest BCUT2D eigenvalue weighted by Gasteiger charge is -2.18. The summed E-state index contributed by atoms with van der Waals surface area (Å²) in [6.07, 6.45) is 1.06. The van der Waals surface area contributed by atoms with E-state index in [-0.39, 0.29) is 0 Å². The lowest BCUT2D eigenvalue weighted by molar-refractivity contribution is 0.328. The second-order valence-corrected chi connectivity index (χ2v) is 7.37. The molecule has 0 aromatic heterocycles. The molecule has 1 fully saturated rings. The van der Waals surface area contributed by atoms with E-state index in [4.69, 9.17) is 5.14 Å². The van der Waals surface area contributed by atoms with Crippen LogP contribution in [0, 0.1) is 0 Å². The van der Waals surface area contributed by atoms with Gasteiger partial charge in [0.05, 0.1) is 5.69 Å². The average molecular weight is 346 g/mol. The second-order valence-electron chi connectivity index (χ2n) is 6.08. The van der Waals surface area contributed by atoms with E-state index in [2.05, 4.69) is 39.2 Å². The first-order chi connectivity index (χ1) is 11.5. The molecule has 24 heavy (non-hydrogen) atoms. The fraction of sp³-hybridized carbons (Fsp3) is 0.294. The van der Waals surface area contributed by atoms with Gasteiger partial charge >= 0.3 is 0 Å². The quantitative estimate of drug-likeness (QED) is 0.746. The lowest BCUT2D eigenvalue weighted by atomic mass is 10.2. The van der Waals surface area contributed by atoms with Crippen molar-refractivity contribution in [3.63, 3.8) is 0 Å². The maximum absolute atomic E-state index is 11.1. The molecular formula is C17H22N4O2S. The molecule has 1 saturated heterocycles. The van der Waals surface area contributed by atoms with E-state index in [0.29, 0.717) is 11.7 Å². The van der Waals surface area contributed by atoms with Crippen LogP contribution in [0.25, 0.3) is 0 Å². The van der Waals surface area contributed by atoms with Crippen LogP contribution >= 0.6 is 0 Å². The van der Waals surface area contributed by atoms with Gasteiger partial charge in [-0.05, 0) is 30.2 Å². The summed E-state index contributed by atoms with van der Waals surface area (Å²) in [5.74, 6) is 0. The zero-order valence-electron chi connectivity index (χ0n) is 13.4. The van der Waals surface area contributed by atoms with Crippen molar-refractivity contribution in [2.75, 3.05) is 23.1 Å². The molecule has 1 aliphatic rings. The predicted octanol–water partition coefficient (Wildman–Crippen LogP) is 1.99. The van der Waals surface area contributed by atoms with Crippen LogP contribution in [0.4, 0.5) is 11.4 Å². The molecule has 3 rings (SSSR count). The molecule has 0 aliphatic carbocycles. The standard InChI is InChI=1S/C17H22N4O2S/c18-24(22,23)20-16-8-4-7-15(11-16)19-17-9-10-21(13-17)12-14-5-2-1-3-6-14/h1-8,11,17,19-20H,9-10,12-13H2,(H2,18,22,23). The van der Waals surface area contributed by atoms with Gasteiger partial charge < -0.3 is 5.32 Å². The molecule has 4 N–H and O–H groups in total. The van der Waals surface area contributed by atoms with Crippen LogP contribution in [0.3, 0.4) is 0 Å². The van der Waals surface area contributed by atoms with Gasteiger partial charge in [0.2, 0.25) is 0 Å². The molecule has 0 saturated carbocycles. The van der Waals surface area contributed by atoms with E-state index in [1.807, 2.05) is 12.1 Å². The molecule has 1 aliphatic heterocycles. The third-order valence-electron chi connectivity index (χ3n) is 4.01. The molecule has 1 unspecified atom stereocenters. The minimum atomic E-state index is -3.75. The van der Waals surface area contributed by atoms with Gasteiger partial charge in [-0.2, -0.15) is 8.42 Å². The number of hydrogen-bond acceptors (Lipinski definition) is 4. The Labute approximate surface area is 142 Å². The topological polar surface area (TPSA) is 87.5 Å². The van der Waals surface area contributed by atoms with Crippen LogP contribution in [-0.4, -0.2) is 32.4 Å². The van der Waals surface area contributed by atoms with Gasteiger partial charge in [0.15, 0.2) is 0 Å². The van der Waals surface area contributed by atoms with Gasteiger partial charge in [-0.3, -0.25) is 9.62 Å². The van der Waals surface area contributed by atoms with Crippen LogP contribution in [0.15, 0.2) is 54.6 Å². The summed E-state index contributed by atoms with van der Waals surface area (Å²) in [6.45, 7) is 2.95. The molecule has 0 bridgehead atoms. The van der Waals surface area contributed by atoms with Crippen LogP contribution in [0.2, 0.25) is 0 Å². The summed E-state index contributed by atoms with van der Waals surface area (Å²) in [4.78, 5) is 2.42. The second kappa shape index (κ2) is 7.21. The summed E-state index contributed by atoms with van der Waals surface area (Å²) in [5.41, 5.74) is 2.66. The van der Waals surface area contributed by atoms with Crippen molar-refractivity contribution in [2.24, 2.45) is 5.14 Å². The highest BCUT2D eigenvalue weighted by atomic mass is 32.2. The molecule has 1 atom stereocenters. The molecule has 0 spiro atoms. The molecular weight excluding hydrogens is 324 g/mol. The Morgan fingerprint density at radius 2 is 1.83 bits per heavy atom. The van der Waals surface area contributed by atoms with Crippen molar-refractivity contribution in [3.05, 3.63) is 60.2 Å². The van der Waals surface area contributed by atoms with E-state index in [1.54, 1.807) is 18.2 Å². The average Bonchev–Trinajstić information content (AvgIpc) is 2.94. The van der Waals surface area contributed by atoms with Gasteiger partial charge in [0.25, 0.3) is 10.2 Å². The number of benzene rings is 2. The van der Waals surface area contributed by atoms with E-state index >= 15 is 0 Å². The molecule has 0 amide bonds. The van der Waals surface area contributed by atoms with Gasteiger partial charge in [-0.25, -0.2) is 5.14 Å². The van der Waals surface area contributed by atoms with E-state index in [1.165, 1.54) is 5.56 Å². The summed E-state index contributed by atoms with van der Waals surface area (Å²) in [6, 6.07) is 17.9. The van der Waals surface area contributed by atoms with E-state index < -0.39 is 10.2 Å². The monoisotopic (exact) mass is 346 g/mol. The fourth-order valence-corrected chi connectivity index (χ4v) is 3.46. The van der Waals surface area contributed by atoms with Crippen molar-refractivity contribution in [2.45, 2.75) is 19.0 Å². The SMILES string of the molecule is NS(=O)(=O)Nc1cccc(NC2CCN(Cc3ccccc3)C2)c1. The zero-order chi connectivity index (χ0) is 17.0. The molecule has 2 aromatic rings. The molecule has 128 valence electrons. The Morgan fingerprint density at radius 1 is 1.08 bits per heavy atom. The number of anilines is 2. The Hall–Kier alpha value is -2.09. The van der Waals surface area contributed by atoms with E-state index in [9.17, 15) is 8.42 Å². The lowest BCUT2D eigenvalue weighted by Crippen LogP contribution is -2.26. The summed E-state index contributed by atoms with van der Waals surface area (Å²) in [5, 5.41) is 8.47. The predicted molar refractivity (Wildman–Crippen MR) is 96.9 cm³/mol. The third-order valence-corrected chi connectivity index (χ3v) is 4.54. The normalized spacial score (nSPS) is 18.5. The van der Waals surface area contributed by atoms with Gasteiger partial charge in [0.1, 0.15) is 0 Å². The van der Waals surface area contributed by atoms with E-state index in [0.717, 1.165) is 31.7 Å². The Kier molecular flexibility index (Phi) is 5.03. The van der Waals surface area contributed by atoms with Crippen LogP contribution in [-0.2, 0) is 16.8 Å². The van der Waals surface area contributed by atoms with Crippen LogP contribution in [0.5, 0.6) is 0 Å². The first-order valence-corrected chi connectivity index (χ1v) is 9.46. The molecule has 0 radical (unpaired) electrons. The molecule has 2 aromatic carbocycles. The minimum Gasteiger partial charge on any atom is -0.381 e. The van der Waals surface area contributed by atoms with Gasteiger partial charge in [-0.1, -0.05) is 36.4 Å². The maximum atomic E-state index is 11.1. The van der Waals surface area contributed by atoms with Crippen LogP contribution < -0.4 is 15.2 Å². The number of likely N-dealkylation sites (tertiary alicyclic amines) is 1. The first kappa shape index (κ1) is 16.8. The highest BCUT2D eigenvalue weighted by Gasteiger charge is 2.22. The zero-order valence-corrected chi connectivity index (χ0v) is 14.2. The molecule has 6 nitrogen and oxygen atoms in total. The maximum Gasteiger partial charge on any atom is 0.296 e. The Morgan fingerprint density at radius 3 is 2.58 bits per heavy atom. The van der Waals surface area contributed by atoms with Crippen LogP contribution in [0.1, 0.15) is 12.0 Å². The summed E-state index contributed by atoms with van der Waals surface area (Å²) < 4.78 is 24.5. The third kappa shape index (κ3) is 4.95. The number of nitrogens with two attached hydrogens (primary N) is 1. The van der Waals surface area contributed by atoms with Gasteiger partial charge in [-0.15, -0.1) is 0 Å². The summed E-state index contributed by atoms with van der Waals surface area (Å²) in [7, 11) is -3.75. The van der Waals surface area contributed by atoms with Crippen molar-refractivity contribution in [1.82, 2.24) is 4.90 Å².